The number of hydrogen-bond acceptors (Lipinski definition) is 7. The van der Waals surface area contributed by atoms with E-state index in [2.05, 4.69) is 16.0 Å². The lowest BCUT2D eigenvalue weighted by atomic mass is 10.0. The first-order chi connectivity index (χ1) is 24.3. The number of fused-ring (bicyclic) bond motifs is 4. The van der Waals surface area contributed by atoms with Crippen molar-refractivity contribution in [3.8, 4) is 0 Å². The molecule has 3 aromatic rings. The van der Waals surface area contributed by atoms with Crippen molar-refractivity contribution < 1.29 is 27.6 Å². The molecule has 4 amide bonds. The number of para-hydroxylation sites is 1. The number of carbonyl (C=O) groups is 4. The first-order valence-corrected chi connectivity index (χ1v) is 19.6. The van der Waals surface area contributed by atoms with Crippen molar-refractivity contribution in [3.63, 3.8) is 0 Å². The van der Waals surface area contributed by atoms with Crippen LogP contribution in [-0.2, 0) is 48.3 Å². The second-order valence-electron chi connectivity index (χ2n) is 13.3. The molecule has 5 rings (SSSR count). The maximum absolute atomic E-state index is 14.1. The van der Waals surface area contributed by atoms with E-state index in [1.54, 1.807) is 66.5 Å². The molecule has 3 aromatic carbocycles. The average Bonchev–Trinajstić information content (AvgIpc) is 3.20. The van der Waals surface area contributed by atoms with Gasteiger partial charge in [0.15, 0.2) is 9.84 Å². The number of benzene rings is 3. The first kappa shape index (κ1) is 38.3. The van der Waals surface area contributed by atoms with Crippen LogP contribution < -0.4 is 20.9 Å². The Morgan fingerprint density at radius 3 is 2.25 bits per heavy atom. The summed E-state index contributed by atoms with van der Waals surface area (Å²) < 4.78 is 24.0. The molecule has 14 heteroatoms. The average molecular weight is 757 g/mol. The Morgan fingerprint density at radius 1 is 0.824 bits per heavy atom. The van der Waals surface area contributed by atoms with Gasteiger partial charge in [-0.15, -0.1) is 0 Å². The molecule has 51 heavy (non-hydrogen) atoms. The molecule has 272 valence electrons. The third-order valence-corrected chi connectivity index (χ3v) is 11.1. The molecule has 2 heterocycles. The second-order valence-corrected chi connectivity index (χ2v) is 16.1. The minimum Gasteiger partial charge on any atom is -0.351 e. The molecule has 0 aromatic heterocycles. The smallest absolute Gasteiger partial charge is 0.250 e. The van der Waals surface area contributed by atoms with Crippen LogP contribution in [0.4, 0.5) is 5.69 Å². The molecule has 0 saturated carbocycles. The fraction of sp³-hybridized carbons (Fsp3) is 0.405. The van der Waals surface area contributed by atoms with Gasteiger partial charge >= 0.3 is 0 Å². The summed E-state index contributed by atoms with van der Waals surface area (Å²) in [6, 6.07) is 17.3. The zero-order valence-corrected chi connectivity index (χ0v) is 31.0. The van der Waals surface area contributed by atoms with Gasteiger partial charge in [0.05, 0.1) is 14.9 Å². The van der Waals surface area contributed by atoms with Gasteiger partial charge in [-0.05, 0) is 85.7 Å². The highest BCUT2D eigenvalue weighted by Gasteiger charge is 2.33. The predicted octanol–water partition coefficient (Wildman–Crippen LogP) is 3.73. The number of sulfone groups is 1. The van der Waals surface area contributed by atoms with Crippen molar-refractivity contribution in [2.45, 2.75) is 68.0 Å². The molecule has 1 fully saturated rings. The monoisotopic (exact) mass is 755 g/mol. The van der Waals surface area contributed by atoms with Crippen molar-refractivity contribution in [1.29, 1.82) is 0 Å². The predicted molar refractivity (Wildman–Crippen MR) is 198 cm³/mol. The lowest BCUT2D eigenvalue weighted by molar-refractivity contribution is -0.131. The number of halogens is 2. The summed E-state index contributed by atoms with van der Waals surface area (Å²) in [4.78, 5) is 58.1. The van der Waals surface area contributed by atoms with Crippen molar-refractivity contribution in [1.82, 2.24) is 20.9 Å². The molecule has 0 radical (unpaired) electrons. The van der Waals surface area contributed by atoms with Gasteiger partial charge in [0.25, 0.3) is 0 Å². The minimum absolute atomic E-state index is 0.0191. The number of aryl methyl sites for hydroxylation is 1. The van der Waals surface area contributed by atoms with E-state index < -0.39 is 33.7 Å². The van der Waals surface area contributed by atoms with Gasteiger partial charge in [-0.1, -0.05) is 59.6 Å². The Balaban J connectivity index is 1.41. The molecule has 2 aliphatic heterocycles. The Bertz CT molecular complexity index is 1870. The van der Waals surface area contributed by atoms with Gasteiger partial charge in [0.1, 0.15) is 12.6 Å². The van der Waals surface area contributed by atoms with Crippen LogP contribution in [0.3, 0.4) is 0 Å². The summed E-state index contributed by atoms with van der Waals surface area (Å²) in [5.74, 6) is -1.34. The van der Waals surface area contributed by atoms with Gasteiger partial charge < -0.3 is 25.8 Å². The third-order valence-electron chi connectivity index (χ3n) is 9.23. The largest absolute Gasteiger partial charge is 0.351 e. The molecule has 3 atom stereocenters. The zero-order valence-electron chi connectivity index (χ0n) is 28.7. The molecule has 3 N–H and O–H groups in total. The third kappa shape index (κ3) is 10.5. The molecule has 0 unspecified atom stereocenters. The van der Waals surface area contributed by atoms with E-state index in [0.717, 1.165) is 22.9 Å². The summed E-state index contributed by atoms with van der Waals surface area (Å²) in [7, 11) is -1.65. The Kier molecular flexibility index (Phi) is 12.8. The molecule has 2 bridgehead atoms. The molecule has 11 nitrogen and oxygen atoms in total. The number of amides is 4. The van der Waals surface area contributed by atoms with Crippen LogP contribution >= 0.6 is 23.2 Å². The summed E-state index contributed by atoms with van der Waals surface area (Å²) in [5, 5.41) is 10.1. The quantitative estimate of drug-likeness (QED) is 0.360. The standard InChI is InChI=1S/C37H43Cl2N5O6S/c1-43-17-5-16-40-27(18-24-8-12-29(13-9-24)51(2,49)50)21-34(45)42-32-15-11-26-6-3-4-7-33(26)44(37(32)48)23-35(46)41-28(22-36(43)47)19-25-10-14-30(38)31(39)20-25/h3-4,6-10,12-14,20,27-28,32,40H,5,11,15-19,21-23H2,1-2H3,(H,41,46)(H,42,45)/t27-,28+,32-/m0/s1. The van der Waals surface area contributed by atoms with E-state index >= 15 is 0 Å². The number of nitrogens with one attached hydrogen (secondary N) is 3. The number of hydrogen-bond donors (Lipinski definition) is 3. The lowest BCUT2D eigenvalue weighted by Crippen LogP contribution is -2.52. The van der Waals surface area contributed by atoms with E-state index in [0.29, 0.717) is 60.9 Å². The van der Waals surface area contributed by atoms with Gasteiger partial charge in [-0.2, -0.15) is 0 Å². The maximum Gasteiger partial charge on any atom is 0.250 e. The van der Waals surface area contributed by atoms with Gasteiger partial charge in [0, 0.05) is 50.5 Å². The molecule has 1 saturated heterocycles. The first-order valence-electron chi connectivity index (χ1n) is 16.9. The van der Waals surface area contributed by atoms with E-state index in [4.69, 9.17) is 23.2 Å². The summed E-state index contributed by atoms with van der Waals surface area (Å²) in [5.41, 5.74) is 3.10. The van der Waals surface area contributed by atoms with E-state index in [1.165, 1.54) is 4.90 Å². The Hall–Kier alpha value is -3.97. The van der Waals surface area contributed by atoms with Crippen LogP contribution in [0.15, 0.2) is 71.6 Å². The van der Waals surface area contributed by atoms with Crippen LogP contribution in [0.25, 0.3) is 0 Å². The number of carbonyl (C=O) groups excluding carboxylic acids is 4. The van der Waals surface area contributed by atoms with Crippen LogP contribution in [0.1, 0.15) is 42.4 Å². The van der Waals surface area contributed by atoms with Crippen LogP contribution in [0.2, 0.25) is 10.0 Å². The Labute approximate surface area is 309 Å². The fourth-order valence-electron chi connectivity index (χ4n) is 6.52. The number of anilines is 1. The van der Waals surface area contributed by atoms with Crippen LogP contribution in [0.5, 0.6) is 0 Å². The van der Waals surface area contributed by atoms with Crippen LogP contribution in [0, 0.1) is 0 Å². The van der Waals surface area contributed by atoms with Crippen molar-refractivity contribution in [2.75, 3.05) is 37.8 Å². The number of nitrogens with zero attached hydrogens (tertiary/aromatic N) is 2. The van der Waals surface area contributed by atoms with Gasteiger partial charge in [0.2, 0.25) is 23.6 Å². The van der Waals surface area contributed by atoms with Crippen molar-refractivity contribution in [3.05, 3.63) is 93.5 Å². The van der Waals surface area contributed by atoms with E-state index in [1.807, 2.05) is 12.1 Å². The SMILES string of the molecule is CN1CCCN[C@@H](Cc2ccc(S(C)(=O)=O)cc2)CC(=O)N[C@H]2CCc3ccccc3N(CC(=O)N[C@H](Cc3ccc(Cl)c(Cl)c3)CC1=O)C2=O. The summed E-state index contributed by atoms with van der Waals surface area (Å²) >= 11 is 12.4. The molecule has 2 aliphatic rings. The Morgan fingerprint density at radius 2 is 1.53 bits per heavy atom. The number of rotatable bonds is 5. The summed E-state index contributed by atoms with van der Waals surface area (Å²) in [6.45, 7) is 0.617. The van der Waals surface area contributed by atoms with Crippen molar-refractivity contribution in [2.24, 2.45) is 0 Å². The van der Waals surface area contributed by atoms with Gasteiger partial charge in [-0.25, -0.2) is 8.42 Å². The molecular weight excluding hydrogens is 713 g/mol. The van der Waals surface area contributed by atoms with E-state index in [-0.39, 0.29) is 42.1 Å². The zero-order chi connectivity index (χ0) is 36.7. The molecule has 0 aliphatic carbocycles. The minimum atomic E-state index is -3.36. The van der Waals surface area contributed by atoms with Crippen LogP contribution in [-0.4, -0.2) is 88.0 Å². The topological polar surface area (TPSA) is 145 Å². The highest BCUT2D eigenvalue weighted by Crippen LogP contribution is 2.28. The lowest BCUT2D eigenvalue weighted by Gasteiger charge is -2.28. The fourth-order valence-corrected chi connectivity index (χ4v) is 7.47. The summed E-state index contributed by atoms with van der Waals surface area (Å²) in [6.07, 6.45) is 3.41. The molecular formula is C37H43Cl2N5O6S. The highest BCUT2D eigenvalue weighted by molar-refractivity contribution is 7.90. The van der Waals surface area contributed by atoms with Crippen molar-refractivity contribution >= 4 is 62.4 Å². The maximum atomic E-state index is 14.1. The van der Waals surface area contributed by atoms with E-state index in [9.17, 15) is 27.6 Å². The van der Waals surface area contributed by atoms with Gasteiger partial charge in [-0.3, -0.25) is 19.2 Å². The molecule has 0 spiro atoms. The highest BCUT2D eigenvalue weighted by atomic mass is 35.5. The second kappa shape index (κ2) is 17.0. The normalized spacial score (nSPS) is 21.5.